The second kappa shape index (κ2) is 6.77. The zero-order valence-corrected chi connectivity index (χ0v) is 12.6. The van der Waals surface area contributed by atoms with Crippen LogP contribution in [-0.4, -0.2) is 36.8 Å². The zero-order chi connectivity index (χ0) is 17.9. The molecule has 0 aliphatic rings. The Morgan fingerprint density at radius 2 is 1.96 bits per heavy atom. The van der Waals surface area contributed by atoms with Crippen LogP contribution < -0.4 is 5.32 Å². The van der Waals surface area contributed by atoms with Gasteiger partial charge in [-0.05, 0) is 28.5 Å². The van der Waals surface area contributed by atoms with E-state index in [1.807, 2.05) is 0 Å². The predicted molar refractivity (Wildman–Crippen MR) is 79.4 cm³/mol. The van der Waals surface area contributed by atoms with Crippen LogP contribution in [-0.2, 0) is 14.3 Å². The summed E-state index contributed by atoms with van der Waals surface area (Å²) in [5, 5.41) is 12.5. The number of methoxy groups -OCH3 is 1. The topological polar surface area (TPSA) is 75.6 Å². The lowest BCUT2D eigenvalue weighted by Gasteiger charge is -2.18. The molecule has 0 aromatic heterocycles. The third-order valence-corrected chi connectivity index (χ3v) is 3.48. The number of esters is 1. The number of ether oxygens (including phenoxy) is 1. The number of phenols is 1. The van der Waals surface area contributed by atoms with Gasteiger partial charge in [0.15, 0.2) is 0 Å². The Balaban J connectivity index is 2.40. The number of benzene rings is 2. The number of carbonyl (C=O) groups excluding carboxylic acids is 2. The zero-order valence-electron chi connectivity index (χ0n) is 12.6. The SMILES string of the molecule is COC(=O)C(CNC(=O)C(F)(F)F)c1cccc2ccc(O)cc12. The van der Waals surface area contributed by atoms with E-state index in [1.54, 1.807) is 23.5 Å². The van der Waals surface area contributed by atoms with Crippen molar-refractivity contribution in [2.45, 2.75) is 12.1 Å². The van der Waals surface area contributed by atoms with E-state index in [9.17, 15) is 27.9 Å². The van der Waals surface area contributed by atoms with E-state index < -0.39 is 30.5 Å². The molecule has 128 valence electrons. The van der Waals surface area contributed by atoms with Crippen LogP contribution in [0.15, 0.2) is 36.4 Å². The minimum Gasteiger partial charge on any atom is -0.508 e. The van der Waals surface area contributed by atoms with Gasteiger partial charge in [-0.15, -0.1) is 0 Å². The highest BCUT2D eigenvalue weighted by Crippen LogP contribution is 2.29. The molecule has 2 aromatic rings. The summed E-state index contributed by atoms with van der Waals surface area (Å²) in [6.07, 6.45) is -5.04. The Kier molecular flexibility index (Phi) is 4.96. The number of alkyl halides is 3. The second-order valence-electron chi connectivity index (χ2n) is 5.04. The molecule has 0 aliphatic carbocycles. The minimum atomic E-state index is -5.04. The Hall–Kier alpha value is -2.77. The van der Waals surface area contributed by atoms with Gasteiger partial charge in [-0.3, -0.25) is 9.59 Å². The number of phenolic OH excluding ortho intramolecular Hbond substituents is 1. The molecule has 2 N–H and O–H groups in total. The lowest BCUT2D eigenvalue weighted by atomic mass is 9.93. The summed E-state index contributed by atoms with van der Waals surface area (Å²) in [4.78, 5) is 23.0. The van der Waals surface area contributed by atoms with Crippen LogP contribution in [0.4, 0.5) is 13.2 Å². The Labute approximate surface area is 135 Å². The average molecular weight is 341 g/mol. The van der Waals surface area contributed by atoms with E-state index >= 15 is 0 Å². The normalized spacial score (nSPS) is 12.7. The average Bonchev–Trinajstić information content (AvgIpc) is 2.53. The number of halogens is 3. The fraction of sp³-hybridized carbons (Fsp3) is 0.250. The first-order chi connectivity index (χ1) is 11.2. The van der Waals surface area contributed by atoms with Gasteiger partial charge in [0.1, 0.15) is 5.75 Å². The number of fused-ring (bicyclic) bond motifs is 1. The van der Waals surface area contributed by atoms with E-state index in [0.717, 1.165) is 7.11 Å². The highest BCUT2D eigenvalue weighted by atomic mass is 19.4. The predicted octanol–water partition coefficient (Wildman–Crippen LogP) is 2.48. The van der Waals surface area contributed by atoms with Crippen LogP contribution in [0.25, 0.3) is 10.8 Å². The van der Waals surface area contributed by atoms with Crippen LogP contribution in [0.3, 0.4) is 0 Å². The quantitative estimate of drug-likeness (QED) is 0.838. The van der Waals surface area contributed by atoms with Crippen LogP contribution >= 0.6 is 0 Å². The third kappa shape index (κ3) is 3.76. The standard InChI is InChI=1S/C16H14F3NO4/c1-24-14(22)13(8-20-15(23)16(17,18)19)11-4-2-3-9-5-6-10(21)7-12(9)11/h2-7,13,21H,8H2,1H3,(H,20,23). The van der Waals surface area contributed by atoms with Gasteiger partial charge in [0, 0.05) is 6.54 Å². The van der Waals surface area contributed by atoms with Crippen molar-refractivity contribution >= 4 is 22.6 Å². The third-order valence-electron chi connectivity index (χ3n) is 3.48. The molecule has 8 heteroatoms. The van der Waals surface area contributed by atoms with Gasteiger partial charge < -0.3 is 15.2 Å². The highest BCUT2D eigenvalue weighted by molar-refractivity contribution is 5.92. The number of carbonyl (C=O) groups is 2. The molecule has 0 bridgehead atoms. The molecule has 5 nitrogen and oxygen atoms in total. The van der Waals surface area contributed by atoms with E-state index in [-0.39, 0.29) is 5.75 Å². The maximum Gasteiger partial charge on any atom is 0.471 e. The van der Waals surface area contributed by atoms with Gasteiger partial charge >= 0.3 is 18.1 Å². The first-order valence-corrected chi connectivity index (χ1v) is 6.88. The summed E-state index contributed by atoms with van der Waals surface area (Å²) >= 11 is 0. The summed E-state index contributed by atoms with van der Waals surface area (Å²) in [5.74, 6) is -4.14. The number of hydrogen-bond donors (Lipinski definition) is 2. The fourth-order valence-corrected chi connectivity index (χ4v) is 2.35. The van der Waals surface area contributed by atoms with Gasteiger partial charge in [0.2, 0.25) is 0 Å². The first kappa shape index (κ1) is 17.6. The summed E-state index contributed by atoms with van der Waals surface area (Å²) in [6, 6.07) is 9.33. The molecule has 1 unspecified atom stereocenters. The number of amides is 1. The van der Waals surface area contributed by atoms with Crippen molar-refractivity contribution in [3.05, 3.63) is 42.0 Å². The Bertz CT molecular complexity index is 773. The van der Waals surface area contributed by atoms with Gasteiger partial charge in [-0.25, -0.2) is 0 Å². The molecule has 0 saturated carbocycles. The maximum atomic E-state index is 12.3. The molecule has 0 radical (unpaired) electrons. The van der Waals surface area contributed by atoms with E-state index in [1.165, 1.54) is 18.2 Å². The molecule has 2 rings (SSSR count). The van der Waals surface area contributed by atoms with Gasteiger partial charge in [-0.2, -0.15) is 13.2 Å². The molecular formula is C16H14F3NO4. The second-order valence-corrected chi connectivity index (χ2v) is 5.04. The highest BCUT2D eigenvalue weighted by Gasteiger charge is 2.39. The van der Waals surface area contributed by atoms with Crippen LogP contribution in [0.2, 0.25) is 0 Å². The van der Waals surface area contributed by atoms with Crippen LogP contribution in [0, 0.1) is 0 Å². The van der Waals surface area contributed by atoms with Crippen molar-refractivity contribution in [3.63, 3.8) is 0 Å². The monoisotopic (exact) mass is 341 g/mol. The molecular weight excluding hydrogens is 327 g/mol. The maximum absolute atomic E-state index is 12.3. The van der Waals surface area contributed by atoms with Crippen molar-refractivity contribution in [2.75, 3.05) is 13.7 Å². The molecule has 0 fully saturated rings. The Morgan fingerprint density at radius 3 is 2.58 bits per heavy atom. The molecule has 0 saturated heterocycles. The lowest BCUT2D eigenvalue weighted by molar-refractivity contribution is -0.173. The van der Waals surface area contributed by atoms with E-state index in [0.29, 0.717) is 16.3 Å². The fourth-order valence-electron chi connectivity index (χ4n) is 2.35. The van der Waals surface area contributed by atoms with Crippen molar-refractivity contribution < 1.29 is 32.6 Å². The summed E-state index contributed by atoms with van der Waals surface area (Å²) < 4.78 is 41.6. The first-order valence-electron chi connectivity index (χ1n) is 6.88. The molecule has 2 aromatic carbocycles. The van der Waals surface area contributed by atoms with E-state index in [4.69, 9.17) is 0 Å². The van der Waals surface area contributed by atoms with Gasteiger partial charge in [-0.1, -0.05) is 24.3 Å². The smallest absolute Gasteiger partial charge is 0.471 e. The lowest BCUT2D eigenvalue weighted by Crippen LogP contribution is -2.40. The molecule has 0 spiro atoms. The summed E-state index contributed by atoms with van der Waals surface area (Å²) in [5.41, 5.74) is 0.345. The molecule has 24 heavy (non-hydrogen) atoms. The number of hydrogen-bond acceptors (Lipinski definition) is 4. The number of rotatable bonds is 4. The van der Waals surface area contributed by atoms with Gasteiger partial charge in [0.25, 0.3) is 0 Å². The van der Waals surface area contributed by atoms with Crippen LogP contribution in [0.5, 0.6) is 5.75 Å². The van der Waals surface area contributed by atoms with Crippen molar-refractivity contribution in [2.24, 2.45) is 0 Å². The molecule has 0 heterocycles. The number of nitrogens with one attached hydrogen (secondary N) is 1. The minimum absolute atomic E-state index is 0.0575. The Morgan fingerprint density at radius 1 is 1.25 bits per heavy atom. The molecule has 1 amide bonds. The molecule has 0 aliphatic heterocycles. The summed E-state index contributed by atoms with van der Waals surface area (Å²) in [6.45, 7) is -0.584. The van der Waals surface area contributed by atoms with Crippen molar-refractivity contribution in [3.8, 4) is 5.75 Å². The summed E-state index contributed by atoms with van der Waals surface area (Å²) in [7, 11) is 1.10. The van der Waals surface area contributed by atoms with Crippen LogP contribution in [0.1, 0.15) is 11.5 Å². The van der Waals surface area contributed by atoms with Crippen molar-refractivity contribution in [1.82, 2.24) is 5.32 Å². The largest absolute Gasteiger partial charge is 0.508 e. The number of aromatic hydroxyl groups is 1. The van der Waals surface area contributed by atoms with E-state index in [2.05, 4.69) is 4.74 Å². The van der Waals surface area contributed by atoms with Gasteiger partial charge in [0.05, 0.1) is 13.0 Å². The van der Waals surface area contributed by atoms with Crippen molar-refractivity contribution in [1.29, 1.82) is 0 Å². The molecule has 1 atom stereocenters.